The van der Waals surface area contributed by atoms with Gasteiger partial charge in [0.1, 0.15) is 0 Å². The SMILES string of the molecule is CC(C)(CC(=O)O)NS(=O)(=O)c1ccc(C#N)cc1. The first-order chi connectivity index (χ1) is 8.66. The fourth-order valence-electron chi connectivity index (χ4n) is 1.55. The molecule has 0 heterocycles. The first-order valence-corrected chi connectivity index (χ1v) is 6.90. The van der Waals surface area contributed by atoms with E-state index in [0.717, 1.165) is 0 Å². The molecule has 19 heavy (non-hydrogen) atoms. The van der Waals surface area contributed by atoms with Crippen molar-refractivity contribution in [2.45, 2.75) is 30.7 Å². The zero-order chi connectivity index (χ0) is 14.7. The molecule has 0 bridgehead atoms. The average Bonchev–Trinajstić information content (AvgIpc) is 2.25. The van der Waals surface area contributed by atoms with Crippen LogP contribution in [0.25, 0.3) is 0 Å². The Kier molecular flexibility index (Phi) is 4.29. The molecule has 0 aliphatic rings. The molecule has 6 nitrogen and oxygen atoms in total. The summed E-state index contributed by atoms with van der Waals surface area (Å²) >= 11 is 0. The maximum Gasteiger partial charge on any atom is 0.305 e. The van der Waals surface area contributed by atoms with E-state index in [1.165, 1.54) is 38.1 Å². The Morgan fingerprint density at radius 3 is 2.32 bits per heavy atom. The lowest BCUT2D eigenvalue weighted by Gasteiger charge is -2.23. The minimum Gasteiger partial charge on any atom is -0.481 e. The van der Waals surface area contributed by atoms with E-state index < -0.39 is 21.5 Å². The predicted molar refractivity (Wildman–Crippen MR) is 67.8 cm³/mol. The highest BCUT2D eigenvalue weighted by Crippen LogP contribution is 2.16. The van der Waals surface area contributed by atoms with Gasteiger partial charge in [-0.1, -0.05) is 0 Å². The van der Waals surface area contributed by atoms with E-state index in [2.05, 4.69) is 4.72 Å². The van der Waals surface area contributed by atoms with Gasteiger partial charge in [-0.2, -0.15) is 5.26 Å². The summed E-state index contributed by atoms with van der Waals surface area (Å²) in [7, 11) is -3.81. The highest BCUT2D eigenvalue weighted by Gasteiger charge is 2.28. The molecule has 0 amide bonds. The lowest BCUT2D eigenvalue weighted by atomic mass is 10.0. The lowest BCUT2D eigenvalue weighted by molar-refractivity contribution is -0.138. The quantitative estimate of drug-likeness (QED) is 0.840. The van der Waals surface area contributed by atoms with Crippen molar-refractivity contribution >= 4 is 16.0 Å². The minimum atomic E-state index is -3.81. The Morgan fingerprint density at radius 2 is 1.89 bits per heavy atom. The molecule has 0 aliphatic heterocycles. The number of rotatable bonds is 5. The van der Waals surface area contributed by atoms with Crippen LogP contribution in [-0.4, -0.2) is 25.0 Å². The second kappa shape index (κ2) is 5.38. The highest BCUT2D eigenvalue weighted by atomic mass is 32.2. The van der Waals surface area contributed by atoms with Crippen LogP contribution in [0.1, 0.15) is 25.8 Å². The molecule has 0 radical (unpaired) electrons. The van der Waals surface area contributed by atoms with Crippen LogP contribution >= 0.6 is 0 Å². The molecule has 0 spiro atoms. The third kappa shape index (κ3) is 4.35. The van der Waals surface area contributed by atoms with E-state index in [1.807, 2.05) is 6.07 Å². The zero-order valence-electron chi connectivity index (χ0n) is 10.5. The van der Waals surface area contributed by atoms with Crippen molar-refractivity contribution in [3.63, 3.8) is 0 Å². The molecule has 0 aliphatic carbocycles. The molecular weight excluding hydrogens is 268 g/mol. The number of aliphatic carboxylic acids is 1. The standard InChI is InChI=1S/C12H14N2O4S/c1-12(2,7-11(15)16)14-19(17,18)10-5-3-9(8-13)4-6-10/h3-6,14H,7H2,1-2H3,(H,15,16). The molecule has 0 saturated carbocycles. The number of carboxylic acids is 1. The smallest absolute Gasteiger partial charge is 0.305 e. The summed E-state index contributed by atoms with van der Waals surface area (Å²) in [6.07, 6.45) is -0.331. The molecule has 0 fully saturated rings. The summed E-state index contributed by atoms with van der Waals surface area (Å²) in [5.74, 6) is -1.09. The number of nitrogens with one attached hydrogen (secondary N) is 1. The molecule has 0 saturated heterocycles. The van der Waals surface area contributed by atoms with Crippen molar-refractivity contribution in [2.75, 3.05) is 0 Å². The molecule has 0 unspecified atom stereocenters. The fourth-order valence-corrected chi connectivity index (χ4v) is 2.96. The van der Waals surface area contributed by atoms with Crippen molar-refractivity contribution in [3.8, 4) is 6.07 Å². The summed E-state index contributed by atoms with van der Waals surface area (Å²) in [4.78, 5) is 10.6. The summed E-state index contributed by atoms with van der Waals surface area (Å²) < 4.78 is 26.4. The Bertz CT molecular complexity index is 612. The van der Waals surface area contributed by atoms with Gasteiger partial charge in [-0.25, -0.2) is 13.1 Å². The Morgan fingerprint density at radius 1 is 1.37 bits per heavy atom. The van der Waals surface area contributed by atoms with Crippen LogP contribution < -0.4 is 4.72 Å². The maximum absolute atomic E-state index is 12.0. The van der Waals surface area contributed by atoms with Crippen LogP contribution in [0, 0.1) is 11.3 Å². The van der Waals surface area contributed by atoms with Gasteiger partial charge in [-0.3, -0.25) is 4.79 Å². The molecule has 1 aromatic rings. The van der Waals surface area contributed by atoms with Crippen LogP contribution in [0.15, 0.2) is 29.2 Å². The van der Waals surface area contributed by atoms with Crippen molar-refractivity contribution < 1.29 is 18.3 Å². The number of hydrogen-bond acceptors (Lipinski definition) is 4. The molecule has 7 heteroatoms. The van der Waals surface area contributed by atoms with Crippen LogP contribution in [0.3, 0.4) is 0 Å². The molecule has 1 rings (SSSR count). The number of hydrogen-bond donors (Lipinski definition) is 2. The van der Waals surface area contributed by atoms with Crippen LogP contribution in [-0.2, 0) is 14.8 Å². The average molecular weight is 282 g/mol. The van der Waals surface area contributed by atoms with Gasteiger partial charge in [0.25, 0.3) is 0 Å². The third-order valence-corrected chi connectivity index (χ3v) is 4.01. The third-order valence-electron chi connectivity index (χ3n) is 2.30. The monoisotopic (exact) mass is 282 g/mol. The summed E-state index contributed by atoms with van der Waals surface area (Å²) in [5, 5.41) is 17.4. The first kappa shape index (κ1) is 15.1. The Balaban J connectivity index is 2.98. The summed E-state index contributed by atoms with van der Waals surface area (Å²) in [6, 6.07) is 7.27. The van der Waals surface area contributed by atoms with E-state index >= 15 is 0 Å². The maximum atomic E-state index is 12.0. The van der Waals surface area contributed by atoms with Crippen LogP contribution in [0.2, 0.25) is 0 Å². The fraction of sp³-hybridized carbons (Fsp3) is 0.333. The van der Waals surface area contributed by atoms with E-state index in [9.17, 15) is 13.2 Å². The second-order valence-corrected chi connectivity index (χ2v) is 6.38. The van der Waals surface area contributed by atoms with Crippen molar-refractivity contribution in [1.29, 1.82) is 5.26 Å². The van der Waals surface area contributed by atoms with Crippen LogP contribution in [0.5, 0.6) is 0 Å². The van der Waals surface area contributed by atoms with E-state index in [-0.39, 0.29) is 11.3 Å². The lowest BCUT2D eigenvalue weighted by Crippen LogP contribution is -2.44. The van der Waals surface area contributed by atoms with Crippen LogP contribution in [0.4, 0.5) is 0 Å². The Hall–Kier alpha value is -1.91. The Labute approximate surface area is 111 Å². The zero-order valence-corrected chi connectivity index (χ0v) is 11.4. The molecular formula is C12H14N2O4S. The number of nitriles is 1. The highest BCUT2D eigenvalue weighted by molar-refractivity contribution is 7.89. The van der Waals surface area contributed by atoms with Crippen molar-refractivity contribution in [1.82, 2.24) is 4.72 Å². The van der Waals surface area contributed by atoms with E-state index in [0.29, 0.717) is 5.56 Å². The number of carbonyl (C=O) groups is 1. The van der Waals surface area contributed by atoms with Gasteiger partial charge in [-0.15, -0.1) is 0 Å². The van der Waals surface area contributed by atoms with Gasteiger partial charge < -0.3 is 5.11 Å². The molecule has 1 aromatic carbocycles. The molecule has 102 valence electrons. The minimum absolute atomic E-state index is 0.00929. The first-order valence-electron chi connectivity index (χ1n) is 5.42. The second-order valence-electron chi connectivity index (χ2n) is 4.70. The predicted octanol–water partition coefficient (Wildman–Crippen LogP) is 1.09. The normalized spacial score (nSPS) is 11.8. The number of sulfonamides is 1. The molecule has 0 atom stereocenters. The van der Waals surface area contributed by atoms with Gasteiger partial charge in [0.05, 0.1) is 22.9 Å². The van der Waals surface area contributed by atoms with Gasteiger partial charge in [0.2, 0.25) is 10.0 Å². The van der Waals surface area contributed by atoms with Crippen molar-refractivity contribution in [3.05, 3.63) is 29.8 Å². The largest absolute Gasteiger partial charge is 0.481 e. The van der Waals surface area contributed by atoms with Crippen molar-refractivity contribution in [2.24, 2.45) is 0 Å². The van der Waals surface area contributed by atoms with Gasteiger partial charge in [0, 0.05) is 5.54 Å². The molecule has 0 aromatic heterocycles. The molecule has 2 N–H and O–H groups in total. The van der Waals surface area contributed by atoms with Gasteiger partial charge in [0.15, 0.2) is 0 Å². The number of carboxylic acid groups (broad SMARTS) is 1. The topological polar surface area (TPSA) is 107 Å². The summed E-state index contributed by atoms with van der Waals surface area (Å²) in [6.45, 7) is 2.98. The van der Waals surface area contributed by atoms with E-state index in [4.69, 9.17) is 10.4 Å². The van der Waals surface area contributed by atoms with E-state index in [1.54, 1.807) is 0 Å². The number of nitrogens with zero attached hydrogens (tertiary/aromatic N) is 1. The number of benzene rings is 1. The van der Waals surface area contributed by atoms with Gasteiger partial charge in [-0.05, 0) is 38.1 Å². The summed E-state index contributed by atoms with van der Waals surface area (Å²) in [5.41, 5.74) is -0.748. The van der Waals surface area contributed by atoms with Gasteiger partial charge >= 0.3 is 5.97 Å².